The van der Waals surface area contributed by atoms with Crippen LogP contribution < -0.4 is 5.56 Å². The number of pyridine rings is 2. The van der Waals surface area contributed by atoms with Gasteiger partial charge in [-0.2, -0.15) is 0 Å². The smallest absolute Gasteiger partial charge is 0.337 e. The first-order valence-electron chi connectivity index (χ1n) is 11.3. The van der Waals surface area contributed by atoms with E-state index in [0.717, 1.165) is 16.5 Å². The van der Waals surface area contributed by atoms with Crippen LogP contribution in [0.3, 0.4) is 0 Å². The minimum absolute atomic E-state index is 0.149. The maximum absolute atomic E-state index is 13.0. The Morgan fingerprint density at radius 1 is 1.09 bits per heavy atom. The van der Waals surface area contributed by atoms with Gasteiger partial charge in [0.2, 0.25) is 0 Å². The summed E-state index contributed by atoms with van der Waals surface area (Å²) < 4.78 is 7.75. The number of aryl methyl sites for hydroxylation is 1. The lowest BCUT2D eigenvalue weighted by Gasteiger charge is -2.29. The molecule has 1 N–H and O–H groups in total. The minimum atomic E-state index is -1.20. The minimum Gasteiger partial charge on any atom is -0.479 e. The second-order valence-corrected chi connectivity index (χ2v) is 9.92. The number of rotatable bonds is 6. The first-order chi connectivity index (χ1) is 16.5. The van der Waals surface area contributed by atoms with Gasteiger partial charge >= 0.3 is 5.97 Å². The summed E-state index contributed by atoms with van der Waals surface area (Å²) in [4.78, 5) is 29.5. The lowest BCUT2D eigenvalue weighted by atomic mass is 9.88. The van der Waals surface area contributed by atoms with Gasteiger partial charge in [0.25, 0.3) is 5.56 Å². The molecule has 0 fully saturated rings. The highest BCUT2D eigenvalue weighted by atomic mass is 35.5. The van der Waals surface area contributed by atoms with E-state index in [1.54, 1.807) is 35.2 Å². The Bertz CT molecular complexity index is 1440. The fraction of sp³-hybridized carbons (Fsp3) is 0.250. The predicted molar refractivity (Wildman–Crippen MR) is 138 cm³/mol. The van der Waals surface area contributed by atoms with Crippen LogP contribution in [0.15, 0.2) is 71.8 Å². The van der Waals surface area contributed by atoms with Crippen LogP contribution in [0, 0.1) is 6.92 Å². The Balaban J connectivity index is 2.07. The fourth-order valence-electron chi connectivity index (χ4n) is 4.27. The summed E-state index contributed by atoms with van der Waals surface area (Å²) in [7, 11) is 0. The molecule has 6 nitrogen and oxygen atoms in total. The maximum atomic E-state index is 13.0. The fourth-order valence-corrected chi connectivity index (χ4v) is 4.40. The number of fused-ring (bicyclic) bond motifs is 1. The molecular weight excluding hydrogens is 464 g/mol. The van der Waals surface area contributed by atoms with E-state index in [-0.39, 0.29) is 5.56 Å². The molecule has 1 unspecified atom stereocenters. The molecule has 0 saturated heterocycles. The second kappa shape index (κ2) is 9.64. The molecular formula is C28H27ClN2O4. The van der Waals surface area contributed by atoms with Gasteiger partial charge in [-0.25, -0.2) is 4.79 Å². The van der Waals surface area contributed by atoms with Gasteiger partial charge in [0, 0.05) is 34.4 Å². The molecule has 0 amide bonds. The zero-order valence-electron chi connectivity index (χ0n) is 20.1. The molecule has 7 heteroatoms. The van der Waals surface area contributed by atoms with Gasteiger partial charge in [-0.15, -0.1) is 0 Å². The van der Waals surface area contributed by atoms with Gasteiger partial charge in [0.15, 0.2) is 6.10 Å². The van der Waals surface area contributed by atoms with E-state index in [2.05, 4.69) is 4.98 Å². The van der Waals surface area contributed by atoms with E-state index in [4.69, 9.17) is 16.3 Å². The standard InChI is InChI=1S/C28H27ClN2O4/c1-17-15-22-21(9-10-23(32)31(22)16-18-11-13-30-14-12-18)25(19-5-7-20(29)8-6-19)24(17)26(27(33)34)35-28(2,3)4/h5-15,26H,16H2,1-4H3,(H,33,34). The molecule has 35 heavy (non-hydrogen) atoms. The van der Waals surface area contributed by atoms with Gasteiger partial charge < -0.3 is 14.4 Å². The molecule has 0 aliphatic rings. The molecule has 0 spiro atoms. The normalized spacial score (nSPS) is 12.6. The number of hydrogen-bond donors (Lipinski definition) is 1. The van der Waals surface area contributed by atoms with Crippen LogP contribution in [-0.2, 0) is 16.1 Å². The molecule has 1 atom stereocenters. The van der Waals surface area contributed by atoms with Crippen molar-refractivity contribution in [2.45, 2.75) is 45.9 Å². The zero-order chi connectivity index (χ0) is 25.3. The number of carboxylic acids is 1. The molecule has 0 aliphatic heterocycles. The van der Waals surface area contributed by atoms with Crippen LogP contribution in [0.25, 0.3) is 22.0 Å². The molecule has 2 heterocycles. The summed E-state index contributed by atoms with van der Waals surface area (Å²) >= 11 is 6.16. The van der Waals surface area contributed by atoms with Crippen LogP contribution in [-0.4, -0.2) is 26.2 Å². The molecule has 2 aromatic carbocycles. The van der Waals surface area contributed by atoms with Gasteiger partial charge in [0.05, 0.1) is 17.7 Å². The van der Waals surface area contributed by atoms with E-state index in [1.165, 1.54) is 6.07 Å². The average Bonchev–Trinajstić information content (AvgIpc) is 2.79. The van der Waals surface area contributed by atoms with E-state index >= 15 is 0 Å². The van der Waals surface area contributed by atoms with E-state index in [9.17, 15) is 14.7 Å². The van der Waals surface area contributed by atoms with Crippen molar-refractivity contribution < 1.29 is 14.6 Å². The van der Waals surface area contributed by atoms with Gasteiger partial charge in [-0.05, 0) is 86.3 Å². The number of halogens is 1. The van der Waals surface area contributed by atoms with Crippen molar-refractivity contribution in [2.75, 3.05) is 0 Å². The summed E-state index contributed by atoms with van der Waals surface area (Å²) in [5, 5.41) is 11.5. The third kappa shape index (κ3) is 5.29. The summed E-state index contributed by atoms with van der Waals surface area (Å²) in [6, 6.07) is 16.1. The topological polar surface area (TPSA) is 81.4 Å². The number of carboxylic acid groups (broad SMARTS) is 1. The Kier molecular flexibility index (Phi) is 6.79. The summed E-state index contributed by atoms with van der Waals surface area (Å²) in [5.41, 5.74) is 3.56. The SMILES string of the molecule is Cc1cc2c(ccc(=O)n2Cc2ccncc2)c(-c2ccc(Cl)cc2)c1C(OC(C)(C)C)C(=O)O. The van der Waals surface area contributed by atoms with Gasteiger partial charge in [-0.3, -0.25) is 9.78 Å². The third-order valence-corrected chi connectivity index (χ3v) is 5.97. The Hall–Kier alpha value is -3.48. The van der Waals surface area contributed by atoms with Crippen molar-refractivity contribution in [1.82, 2.24) is 9.55 Å². The van der Waals surface area contributed by atoms with Crippen LogP contribution >= 0.6 is 11.6 Å². The quantitative estimate of drug-likeness (QED) is 0.357. The van der Waals surface area contributed by atoms with Crippen molar-refractivity contribution in [2.24, 2.45) is 0 Å². The predicted octanol–water partition coefficient (Wildman–Crippen LogP) is 6.01. The first kappa shape index (κ1) is 24.6. The molecule has 0 radical (unpaired) electrons. The number of aromatic nitrogens is 2. The van der Waals surface area contributed by atoms with Crippen molar-refractivity contribution >= 4 is 28.5 Å². The summed E-state index contributed by atoms with van der Waals surface area (Å²) in [6.45, 7) is 7.69. The van der Waals surface area contributed by atoms with Crippen molar-refractivity contribution in [3.8, 4) is 11.1 Å². The monoisotopic (exact) mass is 490 g/mol. The van der Waals surface area contributed by atoms with Crippen molar-refractivity contribution in [1.29, 1.82) is 0 Å². The number of ether oxygens (including phenoxy) is 1. The van der Waals surface area contributed by atoms with Crippen molar-refractivity contribution in [3.05, 3.63) is 99.1 Å². The van der Waals surface area contributed by atoms with Gasteiger partial charge in [0.1, 0.15) is 0 Å². The number of hydrogen-bond acceptors (Lipinski definition) is 4. The first-order valence-corrected chi connectivity index (χ1v) is 11.7. The Morgan fingerprint density at radius 3 is 2.34 bits per heavy atom. The number of nitrogens with zero attached hydrogens (tertiary/aromatic N) is 2. The Morgan fingerprint density at radius 2 is 1.74 bits per heavy atom. The molecule has 0 aliphatic carbocycles. The molecule has 0 saturated carbocycles. The second-order valence-electron chi connectivity index (χ2n) is 9.48. The third-order valence-electron chi connectivity index (χ3n) is 5.72. The molecule has 180 valence electrons. The van der Waals surface area contributed by atoms with E-state index in [1.807, 2.05) is 58.0 Å². The summed E-state index contributed by atoms with van der Waals surface area (Å²) in [6.07, 6.45) is 2.18. The van der Waals surface area contributed by atoms with Crippen LogP contribution in [0.2, 0.25) is 5.02 Å². The highest BCUT2D eigenvalue weighted by Gasteiger charge is 2.32. The van der Waals surface area contributed by atoms with E-state index in [0.29, 0.717) is 33.8 Å². The highest BCUT2D eigenvalue weighted by molar-refractivity contribution is 6.30. The number of carbonyl (C=O) groups is 1. The lowest BCUT2D eigenvalue weighted by Crippen LogP contribution is -2.28. The molecule has 0 bridgehead atoms. The zero-order valence-corrected chi connectivity index (χ0v) is 20.8. The van der Waals surface area contributed by atoms with Crippen LogP contribution in [0.4, 0.5) is 0 Å². The maximum Gasteiger partial charge on any atom is 0.337 e. The highest BCUT2D eigenvalue weighted by Crippen LogP contribution is 2.40. The number of benzene rings is 2. The van der Waals surface area contributed by atoms with Crippen molar-refractivity contribution in [3.63, 3.8) is 0 Å². The number of aliphatic carboxylic acids is 1. The molecule has 4 rings (SSSR count). The molecule has 2 aromatic heterocycles. The average molecular weight is 491 g/mol. The Labute approximate surface area is 208 Å². The van der Waals surface area contributed by atoms with Crippen LogP contribution in [0.1, 0.15) is 43.6 Å². The molecule has 4 aromatic rings. The largest absolute Gasteiger partial charge is 0.479 e. The lowest BCUT2D eigenvalue weighted by molar-refractivity contribution is -0.160. The summed E-state index contributed by atoms with van der Waals surface area (Å²) in [5.74, 6) is -1.08. The van der Waals surface area contributed by atoms with Gasteiger partial charge in [-0.1, -0.05) is 23.7 Å². The van der Waals surface area contributed by atoms with E-state index < -0.39 is 17.7 Å². The van der Waals surface area contributed by atoms with Crippen LogP contribution in [0.5, 0.6) is 0 Å².